The number of ether oxygens (including phenoxy) is 1. The molecule has 0 fully saturated rings. The first-order chi connectivity index (χ1) is 12.0. The van der Waals surface area contributed by atoms with Crippen molar-refractivity contribution in [3.05, 3.63) is 59.4 Å². The van der Waals surface area contributed by atoms with Crippen molar-refractivity contribution in [3.8, 4) is 5.75 Å². The summed E-state index contributed by atoms with van der Waals surface area (Å²) in [7, 11) is -3.89. The van der Waals surface area contributed by atoms with E-state index in [1.165, 1.54) is 37.3 Å². The third kappa shape index (κ3) is 3.75. The van der Waals surface area contributed by atoms with Crippen LogP contribution in [0.2, 0.25) is 0 Å². The standard InChI is InChI=1S/C19H22FNO4S/c1-18(2)11-13-5-4-6-16(17(13)25-18)26(23,24)21-12-19(3,22)14-7-9-15(20)10-8-14/h4-10,21-22H,11-12H2,1-3H3/t19-/m1/s1. The van der Waals surface area contributed by atoms with Crippen LogP contribution in [0.3, 0.4) is 0 Å². The zero-order chi connectivity index (χ0) is 19.2. The van der Waals surface area contributed by atoms with E-state index in [1.54, 1.807) is 6.07 Å². The second kappa shape index (κ2) is 6.33. The highest BCUT2D eigenvalue weighted by atomic mass is 32.2. The van der Waals surface area contributed by atoms with Crippen molar-refractivity contribution in [3.63, 3.8) is 0 Å². The maximum Gasteiger partial charge on any atom is 0.244 e. The molecular weight excluding hydrogens is 357 g/mol. The Balaban J connectivity index is 1.83. The molecule has 0 saturated heterocycles. The molecule has 7 heteroatoms. The molecule has 0 aliphatic carbocycles. The second-order valence-electron chi connectivity index (χ2n) is 7.39. The molecule has 2 N–H and O–H groups in total. The van der Waals surface area contributed by atoms with Crippen LogP contribution in [0.15, 0.2) is 47.4 Å². The third-order valence-electron chi connectivity index (χ3n) is 4.42. The van der Waals surface area contributed by atoms with Crippen LogP contribution < -0.4 is 9.46 Å². The van der Waals surface area contributed by atoms with Crippen LogP contribution in [-0.2, 0) is 22.0 Å². The van der Waals surface area contributed by atoms with Crippen LogP contribution in [0, 0.1) is 5.82 Å². The molecule has 3 rings (SSSR count). The molecule has 26 heavy (non-hydrogen) atoms. The van der Waals surface area contributed by atoms with Gasteiger partial charge in [-0.25, -0.2) is 17.5 Å². The second-order valence-corrected chi connectivity index (χ2v) is 9.12. The number of benzene rings is 2. The van der Waals surface area contributed by atoms with Crippen LogP contribution in [-0.4, -0.2) is 25.7 Å². The molecule has 0 radical (unpaired) electrons. The zero-order valence-electron chi connectivity index (χ0n) is 14.9. The maximum atomic E-state index is 13.1. The van der Waals surface area contributed by atoms with Gasteiger partial charge in [0.2, 0.25) is 10.0 Å². The highest BCUT2D eigenvalue weighted by Gasteiger charge is 2.35. The zero-order valence-corrected chi connectivity index (χ0v) is 15.7. The highest BCUT2D eigenvalue weighted by molar-refractivity contribution is 7.89. The number of hydrogen-bond donors (Lipinski definition) is 2. The lowest BCUT2D eigenvalue weighted by molar-refractivity contribution is 0.0626. The van der Waals surface area contributed by atoms with E-state index in [0.717, 1.165) is 5.56 Å². The number of fused-ring (bicyclic) bond motifs is 1. The summed E-state index contributed by atoms with van der Waals surface area (Å²) in [6.07, 6.45) is 0.624. The summed E-state index contributed by atoms with van der Waals surface area (Å²) in [5, 5.41) is 10.6. The Bertz CT molecular complexity index is 921. The van der Waals surface area contributed by atoms with E-state index >= 15 is 0 Å². The van der Waals surface area contributed by atoms with Crippen molar-refractivity contribution >= 4 is 10.0 Å². The SMILES string of the molecule is CC1(C)Cc2cccc(S(=O)(=O)NC[C@@](C)(O)c3ccc(F)cc3)c2O1. The summed E-state index contributed by atoms with van der Waals surface area (Å²) < 4.78 is 46.9. The van der Waals surface area contributed by atoms with E-state index in [-0.39, 0.29) is 11.4 Å². The van der Waals surface area contributed by atoms with E-state index in [9.17, 15) is 17.9 Å². The quantitative estimate of drug-likeness (QED) is 0.838. The van der Waals surface area contributed by atoms with Gasteiger partial charge in [0, 0.05) is 13.0 Å². The molecule has 0 saturated carbocycles. The predicted molar refractivity (Wildman–Crippen MR) is 96.0 cm³/mol. The van der Waals surface area contributed by atoms with Gasteiger partial charge in [-0.1, -0.05) is 24.3 Å². The van der Waals surface area contributed by atoms with Crippen molar-refractivity contribution in [1.29, 1.82) is 0 Å². The Hall–Kier alpha value is -1.96. The molecule has 1 atom stereocenters. The van der Waals surface area contributed by atoms with Crippen LogP contribution in [0.5, 0.6) is 5.75 Å². The molecule has 0 aromatic heterocycles. The summed E-state index contributed by atoms with van der Waals surface area (Å²) in [4.78, 5) is 0.0514. The summed E-state index contributed by atoms with van der Waals surface area (Å²) in [5.41, 5.74) is -0.702. The Morgan fingerprint density at radius 1 is 1.23 bits per heavy atom. The van der Waals surface area contributed by atoms with Crippen molar-refractivity contribution < 1.29 is 22.7 Å². The number of para-hydroxylation sites is 1. The predicted octanol–water partition coefficient (Wildman–Crippen LogP) is 2.73. The molecule has 0 spiro atoms. The highest BCUT2D eigenvalue weighted by Crippen LogP contribution is 2.39. The van der Waals surface area contributed by atoms with Gasteiger partial charge in [0.05, 0.1) is 0 Å². The molecule has 140 valence electrons. The minimum atomic E-state index is -3.89. The Morgan fingerprint density at radius 2 is 1.88 bits per heavy atom. The van der Waals surface area contributed by atoms with Crippen LogP contribution >= 0.6 is 0 Å². The van der Waals surface area contributed by atoms with Crippen LogP contribution in [0.1, 0.15) is 31.9 Å². The van der Waals surface area contributed by atoms with Gasteiger partial charge in [-0.3, -0.25) is 0 Å². The van der Waals surface area contributed by atoms with Gasteiger partial charge in [-0.15, -0.1) is 0 Å². The van der Waals surface area contributed by atoms with Gasteiger partial charge >= 0.3 is 0 Å². The minimum absolute atomic E-state index is 0.0514. The lowest BCUT2D eigenvalue weighted by atomic mass is 9.96. The molecule has 2 aromatic carbocycles. The monoisotopic (exact) mass is 379 g/mol. The van der Waals surface area contributed by atoms with Crippen molar-refractivity contribution in [2.75, 3.05) is 6.54 Å². The smallest absolute Gasteiger partial charge is 0.244 e. The van der Waals surface area contributed by atoms with Gasteiger partial charge in [0.25, 0.3) is 0 Å². The molecule has 0 unspecified atom stereocenters. The molecule has 0 amide bonds. The topological polar surface area (TPSA) is 75.6 Å². The molecule has 5 nitrogen and oxygen atoms in total. The van der Waals surface area contributed by atoms with Gasteiger partial charge < -0.3 is 9.84 Å². The normalized spacial score (nSPS) is 18.0. The molecule has 1 aliphatic heterocycles. The van der Waals surface area contributed by atoms with Gasteiger partial charge in [-0.05, 0) is 50.1 Å². The maximum absolute atomic E-state index is 13.1. The average Bonchev–Trinajstić information content (AvgIpc) is 2.87. The summed E-state index contributed by atoms with van der Waals surface area (Å²) >= 11 is 0. The van der Waals surface area contributed by atoms with Gasteiger partial charge in [0.15, 0.2) is 0 Å². The third-order valence-corrected chi connectivity index (χ3v) is 5.84. The summed E-state index contributed by atoms with van der Waals surface area (Å²) in [6.45, 7) is 5.01. The fourth-order valence-electron chi connectivity index (χ4n) is 3.02. The van der Waals surface area contributed by atoms with E-state index < -0.39 is 27.0 Å². The lowest BCUT2D eigenvalue weighted by Crippen LogP contribution is -2.38. The molecule has 2 aromatic rings. The first-order valence-electron chi connectivity index (χ1n) is 8.29. The first kappa shape index (κ1) is 18.8. The van der Waals surface area contributed by atoms with E-state index in [4.69, 9.17) is 4.74 Å². The number of rotatable bonds is 5. The van der Waals surface area contributed by atoms with Crippen molar-refractivity contribution in [2.45, 2.75) is 43.3 Å². The van der Waals surface area contributed by atoms with E-state index in [2.05, 4.69) is 4.72 Å². The van der Waals surface area contributed by atoms with Crippen molar-refractivity contribution in [2.24, 2.45) is 0 Å². The minimum Gasteiger partial charge on any atom is -0.486 e. The number of sulfonamides is 1. The Kier molecular flexibility index (Phi) is 4.58. The number of nitrogens with one attached hydrogen (secondary N) is 1. The molecule has 0 bridgehead atoms. The van der Waals surface area contributed by atoms with Gasteiger partial charge in [0.1, 0.15) is 27.7 Å². The first-order valence-corrected chi connectivity index (χ1v) is 9.78. The lowest BCUT2D eigenvalue weighted by Gasteiger charge is -2.24. The van der Waals surface area contributed by atoms with E-state index in [0.29, 0.717) is 17.7 Å². The Labute approximate surface area is 152 Å². The molecule has 1 aliphatic rings. The van der Waals surface area contributed by atoms with Gasteiger partial charge in [-0.2, -0.15) is 0 Å². The van der Waals surface area contributed by atoms with Crippen LogP contribution in [0.4, 0.5) is 4.39 Å². The summed E-state index contributed by atoms with van der Waals surface area (Å²) in [5.74, 6) is -0.0730. The molecular formula is C19H22FNO4S. The Morgan fingerprint density at radius 3 is 2.54 bits per heavy atom. The van der Waals surface area contributed by atoms with Crippen molar-refractivity contribution in [1.82, 2.24) is 4.72 Å². The van der Waals surface area contributed by atoms with Crippen LogP contribution in [0.25, 0.3) is 0 Å². The van der Waals surface area contributed by atoms with E-state index in [1.807, 2.05) is 19.9 Å². The number of aliphatic hydroxyl groups is 1. The largest absolute Gasteiger partial charge is 0.486 e. The number of hydrogen-bond acceptors (Lipinski definition) is 4. The number of halogens is 1. The average molecular weight is 379 g/mol. The fraction of sp³-hybridized carbons (Fsp3) is 0.368. The fourth-order valence-corrected chi connectivity index (χ4v) is 4.32. The summed E-state index contributed by atoms with van der Waals surface area (Å²) in [6, 6.07) is 10.3. The molecule has 1 heterocycles.